The Morgan fingerprint density at radius 1 is 1.67 bits per heavy atom. The van der Waals surface area contributed by atoms with Gasteiger partial charge in [-0.3, -0.25) is 4.68 Å². The van der Waals surface area contributed by atoms with E-state index in [4.69, 9.17) is 4.74 Å². The molecule has 1 aromatic heterocycles. The highest BCUT2D eigenvalue weighted by molar-refractivity contribution is 5.14. The van der Waals surface area contributed by atoms with Crippen molar-refractivity contribution in [2.45, 2.75) is 32.4 Å². The zero-order valence-electron chi connectivity index (χ0n) is 9.49. The van der Waals surface area contributed by atoms with Gasteiger partial charge in [-0.1, -0.05) is 0 Å². The Kier molecular flexibility index (Phi) is 3.38. The van der Waals surface area contributed by atoms with E-state index in [1.807, 2.05) is 18.7 Å². The van der Waals surface area contributed by atoms with E-state index in [9.17, 15) is 0 Å². The molecule has 0 bridgehead atoms. The Labute approximate surface area is 90.6 Å². The highest BCUT2D eigenvalue weighted by Crippen LogP contribution is 2.11. The van der Waals surface area contributed by atoms with Gasteiger partial charge < -0.3 is 10.1 Å². The second-order valence-corrected chi connectivity index (χ2v) is 4.18. The van der Waals surface area contributed by atoms with Crippen LogP contribution in [0.1, 0.15) is 24.1 Å². The molecule has 0 unspecified atom stereocenters. The lowest BCUT2D eigenvalue weighted by Gasteiger charge is -2.09. The lowest BCUT2D eigenvalue weighted by Crippen LogP contribution is -2.25. The number of nitrogens with one attached hydrogen (secondary N) is 1. The molecule has 0 aliphatic carbocycles. The van der Waals surface area contributed by atoms with Crippen molar-refractivity contribution in [2.24, 2.45) is 7.05 Å². The normalized spacial score (nSPS) is 21.1. The van der Waals surface area contributed by atoms with Gasteiger partial charge in [0.1, 0.15) is 0 Å². The standard InChI is InChI=1S/C11H19N3O/c1-9-10(8-14(2)13-9)6-12-7-11-4-3-5-15-11/h8,11-12H,3-7H2,1-2H3/t11-/m1/s1. The lowest BCUT2D eigenvalue weighted by atomic mass is 10.2. The summed E-state index contributed by atoms with van der Waals surface area (Å²) >= 11 is 0. The SMILES string of the molecule is Cc1nn(C)cc1CNC[C@H]1CCCO1. The molecular formula is C11H19N3O. The van der Waals surface area contributed by atoms with Gasteiger partial charge in [-0.05, 0) is 19.8 Å². The number of ether oxygens (including phenoxy) is 1. The van der Waals surface area contributed by atoms with Crippen LogP contribution in [0.3, 0.4) is 0 Å². The van der Waals surface area contributed by atoms with Crippen molar-refractivity contribution in [1.82, 2.24) is 15.1 Å². The van der Waals surface area contributed by atoms with Crippen molar-refractivity contribution in [1.29, 1.82) is 0 Å². The molecule has 1 aliphatic rings. The van der Waals surface area contributed by atoms with Crippen molar-refractivity contribution in [3.8, 4) is 0 Å². The summed E-state index contributed by atoms with van der Waals surface area (Å²) < 4.78 is 7.40. The van der Waals surface area contributed by atoms with Gasteiger partial charge >= 0.3 is 0 Å². The molecule has 0 spiro atoms. The zero-order chi connectivity index (χ0) is 10.7. The van der Waals surface area contributed by atoms with Crippen molar-refractivity contribution in [3.63, 3.8) is 0 Å². The summed E-state index contributed by atoms with van der Waals surface area (Å²) in [6.45, 7) is 4.81. The molecule has 0 aromatic carbocycles. The molecule has 1 saturated heterocycles. The van der Waals surface area contributed by atoms with Crippen LogP contribution in [0.4, 0.5) is 0 Å². The second-order valence-electron chi connectivity index (χ2n) is 4.18. The molecule has 4 nitrogen and oxygen atoms in total. The molecule has 0 radical (unpaired) electrons. The number of hydrogen-bond acceptors (Lipinski definition) is 3. The van der Waals surface area contributed by atoms with Crippen LogP contribution in [-0.2, 0) is 18.3 Å². The largest absolute Gasteiger partial charge is 0.377 e. The maximum absolute atomic E-state index is 5.54. The molecule has 1 aromatic rings. The molecule has 84 valence electrons. The summed E-state index contributed by atoms with van der Waals surface area (Å²) in [5, 5.41) is 7.73. The maximum Gasteiger partial charge on any atom is 0.0700 e. The highest BCUT2D eigenvalue weighted by Gasteiger charge is 2.14. The number of aryl methyl sites for hydroxylation is 2. The van der Waals surface area contributed by atoms with Crippen LogP contribution in [0, 0.1) is 6.92 Å². The number of hydrogen-bond donors (Lipinski definition) is 1. The van der Waals surface area contributed by atoms with Gasteiger partial charge in [0.05, 0.1) is 11.8 Å². The quantitative estimate of drug-likeness (QED) is 0.804. The molecule has 1 fully saturated rings. The summed E-state index contributed by atoms with van der Waals surface area (Å²) in [5.74, 6) is 0. The van der Waals surface area contributed by atoms with Gasteiger partial charge in [-0.2, -0.15) is 5.10 Å². The third-order valence-electron chi connectivity index (χ3n) is 2.83. The minimum absolute atomic E-state index is 0.418. The Balaban J connectivity index is 1.75. The van der Waals surface area contributed by atoms with Gasteiger partial charge in [-0.15, -0.1) is 0 Å². The Morgan fingerprint density at radius 3 is 3.13 bits per heavy atom. The summed E-state index contributed by atoms with van der Waals surface area (Å²) in [6.07, 6.45) is 4.89. The van der Waals surface area contributed by atoms with E-state index in [-0.39, 0.29) is 0 Å². The molecule has 0 amide bonds. The molecule has 1 aliphatic heterocycles. The van der Waals surface area contributed by atoms with E-state index in [1.54, 1.807) is 0 Å². The number of rotatable bonds is 4. The number of aromatic nitrogens is 2. The molecule has 4 heteroatoms. The molecule has 0 saturated carbocycles. The first kappa shape index (κ1) is 10.6. The summed E-state index contributed by atoms with van der Waals surface area (Å²) in [5.41, 5.74) is 2.38. The first-order valence-electron chi connectivity index (χ1n) is 5.57. The molecule has 2 rings (SSSR count). The minimum atomic E-state index is 0.418. The van der Waals surface area contributed by atoms with Crippen molar-refractivity contribution in [3.05, 3.63) is 17.5 Å². The maximum atomic E-state index is 5.54. The third-order valence-corrected chi connectivity index (χ3v) is 2.83. The van der Waals surface area contributed by atoms with E-state index >= 15 is 0 Å². The van der Waals surface area contributed by atoms with Crippen LogP contribution in [0.25, 0.3) is 0 Å². The van der Waals surface area contributed by atoms with Gasteiger partial charge in [-0.25, -0.2) is 0 Å². The van der Waals surface area contributed by atoms with Gasteiger partial charge in [0.2, 0.25) is 0 Å². The monoisotopic (exact) mass is 209 g/mol. The second kappa shape index (κ2) is 4.77. The van der Waals surface area contributed by atoms with Crippen LogP contribution in [-0.4, -0.2) is 29.0 Å². The Bertz CT molecular complexity index is 316. The molecular weight excluding hydrogens is 190 g/mol. The van der Waals surface area contributed by atoms with E-state index in [1.165, 1.54) is 18.4 Å². The average Bonchev–Trinajstić information content (AvgIpc) is 2.77. The van der Waals surface area contributed by atoms with Crippen LogP contribution < -0.4 is 5.32 Å². The first-order valence-corrected chi connectivity index (χ1v) is 5.57. The number of nitrogens with zero attached hydrogens (tertiary/aromatic N) is 2. The fraction of sp³-hybridized carbons (Fsp3) is 0.727. The fourth-order valence-corrected chi connectivity index (χ4v) is 2.00. The molecule has 1 N–H and O–H groups in total. The van der Waals surface area contributed by atoms with Gasteiger partial charge in [0.25, 0.3) is 0 Å². The molecule has 2 heterocycles. The lowest BCUT2D eigenvalue weighted by molar-refractivity contribution is 0.110. The first-order chi connectivity index (χ1) is 7.25. The van der Waals surface area contributed by atoms with Crippen LogP contribution in [0.2, 0.25) is 0 Å². The predicted octanol–water partition coefficient (Wildman–Crippen LogP) is 0.997. The van der Waals surface area contributed by atoms with Gasteiger partial charge in [0, 0.05) is 38.5 Å². The van der Waals surface area contributed by atoms with Crippen LogP contribution in [0.5, 0.6) is 0 Å². The van der Waals surface area contributed by atoms with E-state index in [2.05, 4.69) is 16.6 Å². The van der Waals surface area contributed by atoms with E-state index in [0.29, 0.717) is 6.10 Å². The average molecular weight is 209 g/mol. The van der Waals surface area contributed by atoms with Crippen molar-refractivity contribution < 1.29 is 4.74 Å². The van der Waals surface area contributed by atoms with Gasteiger partial charge in [0.15, 0.2) is 0 Å². The van der Waals surface area contributed by atoms with Crippen molar-refractivity contribution in [2.75, 3.05) is 13.2 Å². The van der Waals surface area contributed by atoms with Crippen molar-refractivity contribution >= 4 is 0 Å². The summed E-state index contributed by atoms with van der Waals surface area (Å²) in [4.78, 5) is 0. The van der Waals surface area contributed by atoms with E-state index in [0.717, 1.165) is 25.4 Å². The summed E-state index contributed by atoms with van der Waals surface area (Å²) in [6, 6.07) is 0. The third kappa shape index (κ3) is 2.79. The highest BCUT2D eigenvalue weighted by atomic mass is 16.5. The fourth-order valence-electron chi connectivity index (χ4n) is 2.00. The van der Waals surface area contributed by atoms with E-state index < -0.39 is 0 Å². The Hall–Kier alpha value is -0.870. The minimum Gasteiger partial charge on any atom is -0.377 e. The zero-order valence-corrected chi connectivity index (χ0v) is 9.49. The Morgan fingerprint density at radius 2 is 2.53 bits per heavy atom. The smallest absolute Gasteiger partial charge is 0.0700 e. The molecule has 1 atom stereocenters. The van der Waals surface area contributed by atoms with Crippen LogP contribution in [0.15, 0.2) is 6.20 Å². The topological polar surface area (TPSA) is 39.1 Å². The predicted molar refractivity (Wildman–Crippen MR) is 58.6 cm³/mol. The molecule has 15 heavy (non-hydrogen) atoms. The van der Waals surface area contributed by atoms with Crippen LogP contribution >= 0.6 is 0 Å². The summed E-state index contributed by atoms with van der Waals surface area (Å²) in [7, 11) is 1.95.